The summed E-state index contributed by atoms with van der Waals surface area (Å²) in [5, 5.41) is 7.90. The van der Waals surface area contributed by atoms with Gasteiger partial charge in [-0.2, -0.15) is 11.3 Å². The molecule has 0 radical (unpaired) electrons. The molecule has 0 amide bonds. The molecule has 2 aromatic rings. The SMILES string of the molecule is CCCNC(c1ccsc1)c1ccccc1OC. The van der Waals surface area contributed by atoms with Crippen molar-refractivity contribution in [2.45, 2.75) is 19.4 Å². The van der Waals surface area contributed by atoms with Gasteiger partial charge in [0.25, 0.3) is 0 Å². The summed E-state index contributed by atoms with van der Waals surface area (Å²) < 4.78 is 5.47. The molecule has 0 bridgehead atoms. The Morgan fingerprint density at radius 3 is 2.78 bits per heavy atom. The van der Waals surface area contributed by atoms with Crippen LogP contribution in [0.25, 0.3) is 0 Å². The molecular weight excluding hydrogens is 242 g/mol. The molecule has 0 saturated heterocycles. The number of benzene rings is 1. The topological polar surface area (TPSA) is 21.3 Å². The lowest BCUT2D eigenvalue weighted by Gasteiger charge is -2.20. The lowest BCUT2D eigenvalue weighted by molar-refractivity contribution is 0.404. The molecule has 3 heteroatoms. The third-order valence-electron chi connectivity index (χ3n) is 2.92. The van der Waals surface area contributed by atoms with Gasteiger partial charge in [-0.3, -0.25) is 0 Å². The van der Waals surface area contributed by atoms with Crippen molar-refractivity contribution in [3.63, 3.8) is 0 Å². The molecule has 0 aliphatic heterocycles. The smallest absolute Gasteiger partial charge is 0.123 e. The van der Waals surface area contributed by atoms with E-state index in [0.29, 0.717) is 0 Å². The minimum Gasteiger partial charge on any atom is -0.496 e. The standard InChI is InChI=1S/C15H19NOS/c1-3-9-16-15(12-8-10-18-11-12)13-6-4-5-7-14(13)17-2/h4-8,10-11,15-16H,3,9H2,1-2H3. The van der Waals surface area contributed by atoms with Gasteiger partial charge in [-0.15, -0.1) is 0 Å². The number of methoxy groups -OCH3 is 1. The van der Waals surface area contributed by atoms with Gasteiger partial charge in [-0.25, -0.2) is 0 Å². The average molecular weight is 261 g/mol. The van der Waals surface area contributed by atoms with Crippen LogP contribution >= 0.6 is 11.3 Å². The number of ether oxygens (including phenoxy) is 1. The minimum atomic E-state index is 0.215. The van der Waals surface area contributed by atoms with E-state index in [1.807, 2.05) is 12.1 Å². The third-order valence-corrected chi connectivity index (χ3v) is 3.63. The summed E-state index contributed by atoms with van der Waals surface area (Å²) in [4.78, 5) is 0. The number of para-hydroxylation sites is 1. The highest BCUT2D eigenvalue weighted by atomic mass is 32.1. The molecule has 18 heavy (non-hydrogen) atoms. The molecule has 1 unspecified atom stereocenters. The van der Waals surface area contributed by atoms with Gasteiger partial charge in [0.15, 0.2) is 0 Å². The molecule has 1 aromatic carbocycles. The van der Waals surface area contributed by atoms with E-state index in [-0.39, 0.29) is 6.04 Å². The quantitative estimate of drug-likeness (QED) is 0.853. The summed E-state index contributed by atoms with van der Waals surface area (Å²) in [5.41, 5.74) is 2.50. The van der Waals surface area contributed by atoms with Gasteiger partial charge >= 0.3 is 0 Å². The molecular formula is C15H19NOS. The van der Waals surface area contributed by atoms with E-state index >= 15 is 0 Å². The van der Waals surface area contributed by atoms with Crippen LogP contribution < -0.4 is 10.1 Å². The van der Waals surface area contributed by atoms with Crippen molar-refractivity contribution in [3.8, 4) is 5.75 Å². The molecule has 1 aromatic heterocycles. The summed E-state index contributed by atoms with van der Waals surface area (Å²) in [5.74, 6) is 0.942. The maximum absolute atomic E-state index is 5.47. The molecule has 0 saturated carbocycles. The second-order valence-corrected chi connectivity index (χ2v) is 4.97. The van der Waals surface area contributed by atoms with Crippen molar-refractivity contribution in [1.29, 1.82) is 0 Å². The van der Waals surface area contributed by atoms with Gasteiger partial charge in [-0.05, 0) is 41.4 Å². The van der Waals surface area contributed by atoms with Gasteiger partial charge in [0.05, 0.1) is 13.2 Å². The van der Waals surface area contributed by atoms with Crippen LogP contribution in [0.15, 0.2) is 41.1 Å². The number of thiophene rings is 1. The molecule has 0 fully saturated rings. The minimum absolute atomic E-state index is 0.215. The monoisotopic (exact) mass is 261 g/mol. The normalized spacial score (nSPS) is 12.3. The third kappa shape index (κ3) is 2.92. The highest BCUT2D eigenvalue weighted by Gasteiger charge is 2.17. The zero-order chi connectivity index (χ0) is 12.8. The first-order valence-corrected chi connectivity index (χ1v) is 7.19. The predicted molar refractivity (Wildman–Crippen MR) is 77.4 cm³/mol. The van der Waals surface area contributed by atoms with E-state index in [9.17, 15) is 0 Å². The predicted octanol–water partition coefficient (Wildman–Crippen LogP) is 3.85. The summed E-state index contributed by atoms with van der Waals surface area (Å²) in [6.45, 7) is 3.18. The van der Waals surface area contributed by atoms with E-state index < -0.39 is 0 Å². The first-order valence-electron chi connectivity index (χ1n) is 6.25. The van der Waals surface area contributed by atoms with Gasteiger partial charge in [0.1, 0.15) is 5.75 Å². The van der Waals surface area contributed by atoms with Gasteiger partial charge in [0.2, 0.25) is 0 Å². The van der Waals surface area contributed by atoms with Gasteiger partial charge < -0.3 is 10.1 Å². The first kappa shape index (κ1) is 13.1. The van der Waals surface area contributed by atoms with Crippen molar-refractivity contribution in [2.75, 3.05) is 13.7 Å². The molecule has 1 N–H and O–H groups in total. The molecule has 2 nitrogen and oxygen atoms in total. The number of rotatable bonds is 6. The summed E-state index contributed by atoms with van der Waals surface area (Å²) in [7, 11) is 1.73. The van der Waals surface area contributed by atoms with Crippen LogP contribution in [-0.4, -0.2) is 13.7 Å². The zero-order valence-electron chi connectivity index (χ0n) is 10.8. The van der Waals surface area contributed by atoms with Crippen LogP contribution in [0, 0.1) is 0 Å². The Labute approximate surface area is 113 Å². The average Bonchev–Trinajstić information content (AvgIpc) is 2.94. The second-order valence-electron chi connectivity index (χ2n) is 4.19. The zero-order valence-corrected chi connectivity index (χ0v) is 11.7. The van der Waals surface area contributed by atoms with Crippen molar-refractivity contribution in [3.05, 3.63) is 52.2 Å². The molecule has 0 aliphatic rings. The summed E-state index contributed by atoms with van der Waals surface area (Å²) >= 11 is 1.73. The van der Waals surface area contributed by atoms with Crippen molar-refractivity contribution >= 4 is 11.3 Å². The Balaban J connectivity index is 2.33. The molecule has 0 aliphatic carbocycles. The molecule has 2 rings (SSSR count). The van der Waals surface area contributed by atoms with Crippen LogP contribution in [-0.2, 0) is 0 Å². The van der Waals surface area contributed by atoms with E-state index in [2.05, 4.69) is 41.2 Å². The Morgan fingerprint density at radius 2 is 2.11 bits per heavy atom. The maximum atomic E-state index is 5.47. The molecule has 96 valence electrons. The van der Waals surface area contributed by atoms with Crippen LogP contribution in [0.3, 0.4) is 0 Å². The fourth-order valence-electron chi connectivity index (χ4n) is 2.04. The van der Waals surface area contributed by atoms with Crippen LogP contribution in [0.5, 0.6) is 5.75 Å². The highest BCUT2D eigenvalue weighted by molar-refractivity contribution is 7.08. The molecule has 0 spiro atoms. The Kier molecular flexibility index (Phi) is 4.79. The van der Waals surface area contributed by atoms with E-state index in [1.54, 1.807) is 18.4 Å². The van der Waals surface area contributed by atoms with Crippen molar-refractivity contribution in [1.82, 2.24) is 5.32 Å². The van der Waals surface area contributed by atoms with Gasteiger partial charge in [0, 0.05) is 5.56 Å². The number of hydrogen-bond acceptors (Lipinski definition) is 3. The lowest BCUT2D eigenvalue weighted by atomic mass is 10.00. The fraction of sp³-hybridized carbons (Fsp3) is 0.333. The summed E-state index contributed by atoms with van der Waals surface area (Å²) in [6.07, 6.45) is 1.12. The lowest BCUT2D eigenvalue weighted by Crippen LogP contribution is -2.23. The fourth-order valence-corrected chi connectivity index (χ4v) is 2.73. The number of nitrogens with one attached hydrogen (secondary N) is 1. The van der Waals surface area contributed by atoms with Gasteiger partial charge in [-0.1, -0.05) is 25.1 Å². The van der Waals surface area contributed by atoms with Crippen LogP contribution in [0.4, 0.5) is 0 Å². The summed E-state index contributed by atoms with van der Waals surface area (Å²) in [6, 6.07) is 10.6. The van der Waals surface area contributed by atoms with Crippen LogP contribution in [0.2, 0.25) is 0 Å². The highest BCUT2D eigenvalue weighted by Crippen LogP contribution is 2.30. The van der Waals surface area contributed by atoms with E-state index in [4.69, 9.17) is 4.74 Å². The number of hydrogen-bond donors (Lipinski definition) is 1. The molecule has 1 heterocycles. The second kappa shape index (κ2) is 6.57. The maximum Gasteiger partial charge on any atom is 0.123 e. The largest absolute Gasteiger partial charge is 0.496 e. The Bertz CT molecular complexity index is 467. The van der Waals surface area contributed by atoms with E-state index in [0.717, 1.165) is 18.7 Å². The Morgan fingerprint density at radius 1 is 1.28 bits per heavy atom. The van der Waals surface area contributed by atoms with Crippen molar-refractivity contribution in [2.24, 2.45) is 0 Å². The Hall–Kier alpha value is -1.32. The van der Waals surface area contributed by atoms with E-state index in [1.165, 1.54) is 11.1 Å². The van der Waals surface area contributed by atoms with Crippen molar-refractivity contribution < 1.29 is 4.74 Å². The molecule has 1 atom stereocenters. The first-order chi connectivity index (χ1) is 8.86. The van der Waals surface area contributed by atoms with Crippen LogP contribution in [0.1, 0.15) is 30.5 Å².